The highest BCUT2D eigenvalue weighted by atomic mass is 16.2. The molecule has 17 heavy (non-hydrogen) atoms. The van der Waals surface area contributed by atoms with Crippen LogP contribution in [-0.2, 0) is 4.79 Å². The van der Waals surface area contributed by atoms with Crippen molar-refractivity contribution in [3.63, 3.8) is 0 Å². The molecule has 0 saturated carbocycles. The summed E-state index contributed by atoms with van der Waals surface area (Å²) in [6.07, 6.45) is 6.03. The molecular weight excluding hydrogens is 212 g/mol. The molecule has 0 aliphatic carbocycles. The summed E-state index contributed by atoms with van der Waals surface area (Å²) in [7, 11) is 0. The second-order valence-corrected chi connectivity index (χ2v) is 4.75. The Balaban J connectivity index is 4.25. The molecule has 0 bridgehead atoms. The molecular formula is C15H26O2. The molecule has 1 N–H and O–H groups in total. The van der Waals surface area contributed by atoms with E-state index in [1.54, 1.807) is 0 Å². The standard InChI is InChI=1S/C15H26O2/c1-5-15(17)11-14(12(2)3)9-8-13(4)7-6-10-16/h8,14,16H,2,5-7,9-11H2,1,3-4H3/b13-8-/t14-/m1/s1. The van der Waals surface area contributed by atoms with Gasteiger partial charge in [0.1, 0.15) is 5.78 Å². The fraction of sp³-hybridized carbons (Fsp3) is 0.667. The molecule has 0 fully saturated rings. The van der Waals surface area contributed by atoms with Crippen LogP contribution in [0.1, 0.15) is 52.9 Å². The van der Waals surface area contributed by atoms with Gasteiger partial charge in [-0.05, 0) is 39.0 Å². The molecule has 1 atom stereocenters. The van der Waals surface area contributed by atoms with Gasteiger partial charge in [-0.2, -0.15) is 0 Å². The average molecular weight is 238 g/mol. The molecule has 0 aliphatic heterocycles. The molecule has 0 aliphatic rings. The van der Waals surface area contributed by atoms with Crippen LogP contribution < -0.4 is 0 Å². The van der Waals surface area contributed by atoms with Crippen molar-refractivity contribution in [2.75, 3.05) is 6.61 Å². The van der Waals surface area contributed by atoms with Crippen LogP contribution in [-0.4, -0.2) is 17.5 Å². The van der Waals surface area contributed by atoms with E-state index >= 15 is 0 Å². The smallest absolute Gasteiger partial charge is 0.133 e. The lowest BCUT2D eigenvalue weighted by Crippen LogP contribution is -2.08. The summed E-state index contributed by atoms with van der Waals surface area (Å²) in [5.74, 6) is 0.575. The topological polar surface area (TPSA) is 37.3 Å². The van der Waals surface area contributed by atoms with E-state index in [0.717, 1.165) is 24.8 Å². The Bertz CT molecular complexity index is 277. The third kappa shape index (κ3) is 7.92. The van der Waals surface area contributed by atoms with Gasteiger partial charge in [0.25, 0.3) is 0 Å². The molecule has 0 heterocycles. The zero-order valence-corrected chi connectivity index (χ0v) is 11.5. The van der Waals surface area contributed by atoms with Crippen LogP contribution >= 0.6 is 0 Å². The normalized spacial score (nSPS) is 13.5. The van der Waals surface area contributed by atoms with Crippen molar-refractivity contribution in [2.24, 2.45) is 5.92 Å². The van der Waals surface area contributed by atoms with Crippen molar-refractivity contribution in [1.82, 2.24) is 0 Å². The third-order valence-electron chi connectivity index (χ3n) is 3.05. The lowest BCUT2D eigenvalue weighted by Gasteiger charge is -2.14. The van der Waals surface area contributed by atoms with Crippen molar-refractivity contribution in [3.8, 4) is 0 Å². The van der Waals surface area contributed by atoms with E-state index in [1.165, 1.54) is 5.57 Å². The van der Waals surface area contributed by atoms with Gasteiger partial charge in [0.15, 0.2) is 0 Å². The Morgan fingerprint density at radius 3 is 2.53 bits per heavy atom. The molecule has 0 radical (unpaired) electrons. The molecule has 0 unspecified atom stereocenters. The summed E-state index contributed by atoms with van der Waals surface area (Å²) in [5.41, 5.74) is 2.37. The maximum atomic E-state index is 11.4. The molecule has 2 nitrogen and oxygen atoms in total. The van der Waals surface area contributed by atoms with Gasteiger partial charge in [0.05, 0.1) is 0 Å². The second-order valence-electron chi connectivity index (χ2n) is 4.75. The first-order valence-corrected chi connectivity index (χ1v) is 6.44. The monoisotopic (exact) mass is 238 g/mol. The van der Waals surface area contributed by atoms with Gasteiger partial charge in [-0.15, -0.1) is 0 Å². The summed E-state index contributed by atoms with van der Waals surface area (Å²) in [4.78, 5) is 11.4. The van der Waals surface area contributed by atoms with Crippen molar-refractivity contribution in [3.05, 3.63) is 23.8 Å². The van der Waals surface area contributed by atoms with Gasteiger partial charge in [0.2, 0.25) is 0 Å². The van der Waals surface area contributed by atoms with Crippen molar-refractivity contribution in [2.45, 2.75) is 52.9 Å². The SMILES string of the molecule is C=C(C)[C@H](C/C=C(/C)CCCO)CC(=O)CC. The predicted octanol–water partition coefficient (Wildman–Crippen LogP) is 3.66. The molecule has 0 aromatic rings. The zero-order valence-electron chi connectivity index (χ0n) is 11.5. The van der Waals surface area contributed by atoms with Crippen LogP contribution in [0.2, 0.25) is 0 Å². The Hall–Kier alpha value is -0.890. The number of carbonyl (C=O) groups is 1. The summed E-state index contributed by atoms with van der Waals surface area (Å²) < 4.78 is 0. The Morgan fingerprint density at radius 2 is 2.06 bits per heavy atom. The first kappa shape index (κ1) is 16.1. The predicted molar refractivity (Wildman–Crippen MR) is 72.9 cm³/mol. The Morgan fingerprint density at radius 1 is 1.41 bits per heavy atom. The fourth-order valence-corrected chi connectivity index (χ4v) is 1.68. The van der Waals surface area contributed by atoms with Crippen LogP contribution in [0, 0.1) is 5.92 Å². The molecule has 0 aromatic carbocycles. The molecule has 0 saturated heterocycles. The molecule has 0 aromatic heterocycles. The summed E-state index contributed by atoms with van der Waals surface area (Å²) in [5, 5.41) is 8.75. The highest BCUT2D eigenvalue weighted by molar-refractivity contribution is 5.78. The number of ketones is 1. The van der Waals surface area contributed by atoms with Crippen LogP contribution in [0.25, 0.3) is 0 Å². The Labute approximate surface area is 105 Å². The average Bonchev–Trinajstić information content (AvgIpc) is 2.30. The molecule has 2 heteroatoms. The maximum absolute atomic E-state index is 11.4. The minimum atomic E-state index is 0.239. The number of hydrogen-bond donors (Lipinski definition) is 1. The van der Waals surface area contributed by atoms with Crippen molar-refractivity contribution >= 4 is 5.78 Å². The summed E-state index contributed by atoms with van der Waals surface area (Å²) >= 11 is 0. The van der Waals surface area contributed by atoms with Crippen molar-refractivity contribution in [1.29, 1.82) is 0 Å². The number of allylic oxidation sites excluding steroid dienone is 3. The van der Waals surface area contributed by atoms with Crippen molar-refractivity contribution < 1.29 is 9.90 Å². The first-order valence-electron chi connectivity index (χ1n) is 6.44. The molecule has 98 valence electrons. The van der Waals surface area contributed by atoms with Gasteiger partial charge in [-0.3, -0.25) is 4.79 Å². The van der Waals surface area contributed by atoms with Gasteiger partial charge in [0, 0.05) is 19.4 Å². The van der Waals surface area contributed by atoms with E-state index in [-0.39, 0.29) is 12.5 Å². The minimum absolute atomic E-state index is 0.239. The maximum Gasteiger partial charge on any atom is 0.133 e. The van der Waals surface area contributed by atoms with E-state index in [2.05, 4.69) is 19.6 Å². The zero-order chi connectivity index (χ0) is 13.3. The van der Waals surface area contributed by atoms with Gasteiger partial charge >= 0.3 is 0 Å². The lowest BCUT2D eigenvalue weighted by atomic mass is 9.90. The number of hydrogen-bond acceptors (Lipinski definition) is 2. The molecule has 0 amide bonds. The minimum Gasteiger partial charge on any atom is -0.396 e. The Kier molecular flexibility index (Phi) is 8.69. The van der Waals surface area contributed by atoms with E-state index in [4.69, 9.17) is 5.11 Å². The van der Waals surface area contributed by atoms with Crippen LogP contribution in [0.4, 0.5) is 0 Å². The van der Waals surface area contributed by atoms with Gasteiger partial charge in [-0.25, -0.2) is 0 Å². The van der Waals surface area contributed by atoms with E-state index in [1.807, 2.05) is 13.8 Å². The van der Waals surface area contributed by atoms with E-state index < -0.39 is 0 Å². The number of carbonyl (C=O) groups excluding carboxylic acids is 1. The second kappa shape index (κ2) is 9.17. The molecule has 0 rings (SSSR count). The summed E-state index contributed by atoms with van der Waals surface area (Å²) in [6.45, 7) is 10.2. The number of aliphatic hydroxyl groups is 1. The van der Waals surface area contributed by atoms with Gasteiger partial charge < -0.3 is 5.11 Å². The van der Waals surface area contributed by atoms with Crippen LogP contribution in [0.3, 0.4) is 0 Å². The quantitative estimate of drug-likeness (QED) is 0.622. The van der Waals surface area contributed by atoms with E-state index in [9.17, 15) is 4.79 Å². The number of rotatable bonds is 9. The van der Waals surface area contributed by atoms with Crippen LogP contribution in [0.15, 0.2) is 23.8 Å². The highest BCUT2D eigenvalue weighted by Crippen LogP contribution is 2.20. The molecule has 0 spiro atoms. The number of aliphatic hydroxyl groups excluding tert-OH is 1. The lowest BCUT2D eigenvalue weighted by molar-refractivity contribution is -0.119. The van der Waals surface area contributed by atoms with Crippen LogP contribution in [0.5, 0.6) is 0 Å². The first-order chi connectivity index (χ1) is 8.01. The number of Topliss-reactive ketones (excluding diaryl/α,β-unsaturated/α-hetero) is 1. The third-order valence-corrected chi connectivity index (χ3v) is 3.05. The largest absolute Gasteiger partial charge is 0.396 e. The highest BCUT2D eigenvalue weighted by Gasteiger charge is 2.12. The van der Waals surface area contributed by atoms with Gasteiger partial charge in [-0.1, -0.05) is 30.7 Å². The fourth-order valence-electron chi connectivity index (χ4n) is 1.68. The summed E-state index contributed by atoms with van der Waals surface area (Å²) in [6, 6.07) is 0. The van der Waals surface area contributed by atoms with E-state index in [0.29, 0.717) is 18.6 Å².